The first-order chi connectivity index (χ1) is 13.0. The molecule has 0 radical (unpaired) electrons. The zero-order valence-electron chi connectivity index (χ0n) is 14.2. The lowest BCUT2D eigenvalue weighted by atomic mass is 10.1. The fraction of sp³-hybridized carbons (Fsp3) is 0.158. The molecule has 3 rings (SSSR count). The molecule has 3 aromatic rings. The highest BCUT2D eigenvalue weighted by molar-refractivity contribution is 6.30. The molecule has 0 spiro atoms. The number of benzene rings is 2. The number of nitrogens with zero attached hydrogens (tertiary/aromatic N) is 1. The van der Waals surface area contributed by atoms with Crippen LogP contribution in [0.3, 0.4) is 0 Å². The van der Waals surface area contributed by atoms with Crippen molar-refractivity contribution >= 4 is 34.2 Å². The lowest BCUT2D eigenvalue weighted by molar-refractivity contribution is -0.147. The highest BCUT2D eigenvalue weighted by atomic mass is 35.5. The summed E-state index contributed by atoms with van der Waals surface area (Å²) in [4.78, 5) is 35.6. The van der Waals surface area contributed by atoms with Crippen LogP contribution in [0.5, 0.6) is 0 Å². The molecule has 2 aromatic carbocycles. The van der Waals surface area contributed by atoms with Gasteiger partial charge in [-0.3, -0.25) is 14.4 Å². The Morgan fingerprint density at radius 1 is 1.11 bits per heavy atom. The number of hydrogen-bond acceptors (Lipinski definition) is 5. The zero-order chi connectivity index (χ0) is 19.2. The van der Waals surface area contributed by atoms with Gasteiger partial charge in [0.2, 0.25) is 0 Å². The number of fused-ring (bicyclic) bond motifs is 1. The van der Waals surface area contributed by atoms with E-state index in [1.165, 1.54) is 0 Å². The summed E-state index contributed by atoms with van der Waals surface area (Å²) < 4.78 is 4.99. The van der Waals surface area contributed by atoms with E-state index in [2.05, 4.69) is 15.5 Å². The first-order valence-electron chi connectivity index (χ1n) is 8.16. The van der Waals surface area contributed by atoms with Gasteiger partial charge in [-0.1, -0.05) is 41.9 Å². The van der Waals surface area contributed by atoms with Crippen LogP contribution >= 0.6 is 11.6 Å². The molecular formula is C19H16ClN3O4. The van der Waals surface area contributed by atoms with Gasteiger partial charge >= 0.3 is 5.97 Å². The Labute approximate surface area is 159 Å². The van der Waals surface area contributed by atoms with E-state index in [4.69, 9.17) is 16.3 Å². The molecule has 0 saturated carbocycles. The minimum atomic E-state index is -0.613. The van der Waals surface area contributed by atoms with Gasteiger partial charge in [-0.05, 0) is 23.8 Å². The number of ether oxygens (including phenoxy) is 1. The van der Waals surface area contributed by atoms with Crippen molar-refractivity contribution in [2.45, 2.75) is 13.0 Å². The van der Waals surface area contributed by atoms with Crippen LogP contribution in [0.1, 0.15) is 11.3 Å². The number of aromatic amines is 1. The molecule has 0 aliphatic heterocycles. The summed E-state index contributed by atoms with van der Waals surface area (Å²) in [5, 5.41) is 10.5. The average Bonchev–Trinajstić information content (AvgIpc) is 2.67. The van der Waals surface area contributed by atoms with Gasteiger partial charge in [-0.25, -0.2) is 5.10 Å². The van der Waals surface area contributed by atoms with E-state index in [-0.39, 0.29) is 18.5 Å². The van der Waals surface area contributed by atoms with Gasteiger partial charge in [0.15, 0.2) is 6.61 Å². The molecule has 0 unspecified atom stereocenters. The van der Waals surface area contributed by atoms with E-state index in [1.807, 2.05) is 6.07 Å². The number of rotatable bonds is 6. The first-order valence-corrected chi connectivity index (χ1v) is 8.54. The second kappa shape index (κ2) is 8.46. The molecule has 0 fully saturated rings. The largest absolute Gasteiger partial charge is 0.455 e. The third-order valence-electron chi connectivity index (χ3n) is 3.83. The van der Waals surface area contributed by atoms with Crippen molar-refractivity contribution in [2.24, 2.45) is 0 Å². The molecule has 0 aliphatic rings. The lowest BCUT2D eigenvalue weighted by Gasteiger charge is -2.08. The molecule has 8 heteroatoms. The van der Waals surface area contributed by atoms with E-state index in [0.717, 1.165) is 5.56 Å². The van der Waals surface area contributed by atoms with Crippen molar-refractivity contribution in [1.82, 2.24) is 15.5 Å². The Morgan fingerprint density at radius 2 is 1.89 bits per heavy atom. The van der Waals surface area contributed by atoms with Crippen LogP contribution in [-0.4, -0.2) is 28.7 Å². The van der Waals surface area contributed by atoms with E-state index in [9.17, 15) is 14.4 Å². The molecule has 1 heterocycles. The Balaban J connectivity index is 1.53. The predicted molar refractivity (Wildman–Crippen MR) is 100 cm³/mol. The van der Waals surface area contributed by atoms with Gasteiger partial charge in [0.25, 0.3) is 11.5 Å². The molecule has 1 amide bonds. The number of H-pyrrole nitrogens is 1. The Morgan fingerprint density at radius 3 is 2.67 bits per heavy atom. The normalized spacial score (nSPS) is 10.6. The fourth-order valence-corrected chi connectivity index (χ4v) is 2.75. The number of esters is 1. The van der Waals surface area contributed by atoms with Gasteiger partial charge in [-0.2, -0.15) is 5.10 Å². The van der Waals surface area contributed by atoms with E-state index < -0.39 is 18.5 Å². The number of aromatic nitrogens is 2. The summed E-state index contributed by atoms with van der Waals surface area (Å²) in [6.45, 7) is -0.121. The highest BCUT2D eigenvalue weighted by Gasteiger charge is 2.13. The molecule has 7 nitrogen and oxygen atoms in total. The molecular weight excluding hydrogens is 370 g/mol. The van der Waals surface area contributed by atoms with Crippen LogP contribution in [0, 0.1) is 0 Å². The topological polar surface area (TPSA) is 101 Å². The molecule has 2 N–H and O–H groups in total. The van der Waals surface area contributed by atoms with Gasteiger partial charge in [0.1, 0.15) is 0 Å². The standard InChI is InChI=1S/C19H16ClN3O4/c20-13-5-3-4-12(8-13)10-21-17(24)11-27-18(25)9-16-14-6-1-2-7-15(14)19(26)23-22-16/h1-8H,9-11H2,(H,21,24)(H,23,26). The van der Waals surface area contributed by atoms with Crippen LogP contribution in [0.25, 0.3) is 10.8 Å². The van der Waals surface area contributed by atoms with E-state index in [1.54, 1.807) is 42.5 Å². The van der Waals surface area contributed by atoms with E-state index >= 15 is 0 Å². The molecule has 0 bridgehead atoms. The van der Waals surface area contributed by atoms with Crippen molar-refractivity contribution in [1.29, 1.82) is 0 Å². The summed E-state index contributed by atoms with van der Waals surface area (Å²) in [6.07, 6.45) is -0.154. The third-order valence-corrected chi connectivity index (χ3v) is 4.06. The number of carbonyl (C=O) groups excluding carboxylic acids is 2. The molecule has 0 saturated heterocycles. The Hall–Kier alpha value is -3.19. The maximum atomic E-state index is 12.0. The van der Waals surface area contributed by atoms with Crippen LogP contribution in [0.4, 0.5) is 0 Å². The smallest absolute Gasteiger partial charge is 0.312 e. The maximum Gasteiger partial charge on any atom is 0.312 e. The average molecular weight is 386 g/mol. The van der Waals surface area contributed by atoms with Crippen LogP contribution in [-0.2, 0) is 27.3 Å². The monoisotopic (exact) mass is 385 g/mol. The summed E-state index contributed by atoms with van der Waals surface area (Å²) in [6, 6.07) is 13.9. The maximum absolute atomic E-state index is 12.0. The first kappa shape index (κ1) is 18.6. The highest BCUT2D eigenvalue weighted by Crippen LogP contribution is 2.13. The molecule has 27 heavy (non-hydrogen) atoms. The number of carbonyl (C=O) groups is 2. The van der Waals surface area contributed by atoms with Gasteiger partial charge in [0.05, 0.1) is 17.5 Å². The van der Waals surface area contributed by atoms with Crippen molar-refractivity contribution in [3.05, 3.63) is 75.2 Å². The van der Waals surface area contributed by atoms with Crippen molar-refractivity contribution in [3.8, 4) is 0 Å². The van der Waals surface area contributed by atoms with Crippen LogP contribution in [0.2, 0.25) is 5.02 Å². The summed E-state index contributed by atoms with van der Waals surface area (Å²) in [5.41, 5.74) is 0.892. The third kappa shape index (κ3) is 4.92. The molecule has 0 aliphatic carbocycles. The summed E-state index contributed by atoms with van der Waals surface area (Å²) in [5.74, 6) is -1.04. The quantitative estimate of drug-likeness (QED) is 0.632. The second-order valence-corrected chi connectivity index (χ2v) is 6.23. The number of amides is 1. The summed E-state index contributed by atoms with van der Waals surface area (Å²) in [7, 11) is 0. The number of hydrogen-bond donors (Lipinski definition) is 2. The minimum Gasteiger partial charge on any atom is -0.455 e. The van der Waals surface area contributed by atoms with Gasteiger partial charge in [-0.15, -0.1) is 0 Å². The van der Waals surface area contributed by atoms with Crippen molar-refractivity contribution < 1.29 is 14.3 Å². The van der Waals surface area contributed by atoms with Gasteiger partial charge in [0, 0.05) is 17.0 Å². The van der Waals surface area contributed by atoms with Crippen LogP contribution < -0.4 is 10.9 Å². The second-order valence-electron chi connectivity index (χ2n) is 5.79. The molecule has 138 valence electrons. The zero-order valence-corrected chi connectivity index (χ0v) is 15.0. The van der Waals surface area contributed by atoms with E-state index in [0.29, 0.717) is 21.5 Å². The molecule has 0 atom stereocenters. The SMILES string of the molecule is O=C(COC(=O)Cc1n[nH]c(=O)c2ccccc12)NCc1cccc(Cl)c1. The Kier molecular flexibility index (Phi) is 5.83. The van der Waals surface area contributed by atoms with Crippen molar-refractivity contribution in [3.63, 3.8) is 0 Å². The number of halogens is 1. The Bertz CT molecular complexity index is 1050. The minimum absolute atomic E-state index is 0.154. The van der Waals surface area contributed by atoms with Crippen molar-refractivity contribution in [2.75, 3.05) is 6.61 Å². The fourth-order valence-electron chi connectivity index (χ4n) is 2.54. The van der Waals surface area contributed by atoms with Gasteiger partial charge < -0.3 is 10.1 Å². The number of nitrogens with one attached hydrogen (secondary N) is 2. The predicted octanol–water partition coefficient (Wildman–Crippen LogP) is 1.98. The lowest BCUT2D eigenvalue weighted by Crippen LogP contribution is -2.28. The van der Waals surface area contributed by atoms with Crippen LogP contribution in [0.15, 0.2) is 53.3 Å². The molecule has 1 aromatic heterocycles. The summed E-state index contributed by atoms with van der Waals surface area (Å²) >= 11 is 5.88.